The molecule has 1 fully saturated rings. The van der Waals surface area contributed by atoms with E-state index in [0.717, 1.165) is 11.2 Å². The molecule has 4 nitrogen and oxygen atoms in total. The second kappa shape index (κ2) is 3.47. The van der Waals surface area contributed by atoms with Gasteiger partial charge in [-0.3, -0.25) is 4.57 Å². The molecule has 0 aliphatic heterocycles. The normalized spacial score (nSPS) is 17.6. The van der Waals surface area contributed by atoms with Gasteiger partial charge in [-0.2, -0.15) is 4.98 Å². The van der Waals surface area contributed by atoms with Crippen LogP contribution in [0.25, 0.3) is 11.2 Å². The Bertz CT molecular complexity index is 516. The second-order valence-corrected chi connectivity index (χ2v) is 4.46. The molecule has 0 N–H and O–H groups in total. The summed E-state index contributed by atoms with van der Waals surface area (Å²) in [6.45, 7) is 2.12. The third-order valence-electron chi connectivity index (χ3n) is 3.16. The van der Waals surface area contributed by atoms with Crippen molar-refractivity contribution in [1.29, 1.82) is 0 Å². The van der Waals surface area contributed by atoms with Gasteiger partial charge in [0.1, 0.15) is 11.6 Å². The summed E-state index contributed by atoms with van der Waals surface area (Å²) in [5, 5.41) is 0. The fraction of sp³-hybridized carbons (Fsp3) is 0.500. The van der Waals surface area contributed by atoms with Gasteiger partial charge in [0.25, 0.3) is 6.01 Å². The van der Waals surface area contributed by atoms with Crippen LogP contribution in [0.2, 0.25) is 0 Å². The molecule has 2 heterocycles. The first-order valence-electron chi connectivity index (χ1n) is 5.70. The zero-order chi connectivity index (χ0) is 11.1. The summed E-state index contributed by atoms with van der Waals surface area (Å²) in [5.74, 6) is 0.716. The average molecular weight is 217 g/mol. The predicted octanol–water partition coefficient (Wildman–Crippen LogP) is 2.15. The SMILES string of the molecule is CC(Oc1nc2cccnc2n1C)C1CC1. The Hall–Kier alpha value is -1.58. The minimum Gasteiger partial charge on any atom is -0.461 e. The fourth-order valence-electron chi connectivity index (χ4n) is 1.94. The molecule has 0 amide bonds. The van der Waals surface area contributed by atoms with Crippen molar-refractivity contribution in [2.45, 2.75) is 25.9 Å². The third-order valence-corrected chi connectivity index (χ3v) is 3.16. The summed E-state index contributed by atoms with van der Waals surface area (Å²) >= 11 is 0. The number of pyridine rings is 1. The topological polar surface area (TPSA) is 39.9 Å². The highest BCUT2D eigenvalue weighted by Gasteiger charge is 2.30. The highest BCUT2D eigenvalue weighted by atomic mass is 16.5. The van der Waals surface area contributed by atoms with Crippen molar-refractivity contribution in [2.75, 3.05) is 0 Å². The van der Waals surface area contributed by atoms with E-state index in [-0.39, 0.29) is 6.10 Å². The number of ether oxygens (including phenoxy) is 1. The molecule has 1 saturated carbocycles. The van der Waals surface area contributed by atoms with Crippen molar-refractivity contribution in [3.63, 3.8) is 0 Å². The number of aryl methyl sites for hydroxylation is 1. The van der Waals surface area contributed by atoms with Crippen LogP contribution in [0.5, 0.6) is 6.01 Å². The molecular weight excluding hydrogens is 202 g/mol. The van der Waals surface area contributed by atoms with Crippen LogP contribution in [0.1, 0.15) is 19.8 Å². The number of rotatable bonds is 3. The van der Waals surface area contributed by atoms with Crippen molar-refractivity contribution >= 4 is 11.2 Å². The van der Waals surface area contributed by atoms with E-state index in [9.17, 15) is 0 Å². The van der Waals surface area contributed by atoms with Crippen LogP contribution in [0.15, 0.2) is 18.3 Å². The summed E-state index contributed by atoms with van der Waals surface area (Å²) in [5.41, 5.74) is 1.77. The summed E-state index contributed by atoms with van der Waals surface area (Å²) in [6.07, 6.45) is 4.60. The van der Waals surface area contributed by atoms with Gasteiger partial charge in [-0.05, 0) is 37.8 Å². The Morgan fingerprint density at radius 2 is 2.31 bits per heavy atom. The van der Waals surface area contributed by atoms with Crippen LogP contribution in [-0.4, -0.2) is 20.6 Å². The summed E-state index contributed by atoms with van der Waals surface area (Å²) < 4.78 is 7.78. The monoisotopic (exact) mass is 217 g/mol. The molecule has 1 atom stereocenters. The number of hydrogen-bond acceptors (Lipinski definition) is 3. The Kier molecular flexibility index (Phi) is 2.09. The number of fused-ring (bicyclic) bond motifs is 1. The molecule has 2 aromatic rings. The molecule has 84 valence electrons. The van der Waals surface area contributed by atoms with Gasteiger partial charge in [-0.25, -0.2) is 4.98 Å². The lowest BCUT2D eigenvalue weighted by Crippen LogP contribution is -2.16. The molecule has 0 aromatic carbocycles. The zero-order valence-corrected chi connectivity index (χ0v) is 9.55. The number of imidazole rings is 1. The van der Waals surface area contributed by atoms with Gasteiger partial charge in [-0.15, -0.1) is 0 Å². The maximum atomic E-state index is 5.87. The molecule has 3 rings (SSSR count). The Morgan fingerprint density at radius 1 is 1.50 bits per heavy atom. The van der Waals surface area contributed by atoms with Gasteiger partial charge in [0.15, 0.2) is 5.65 Å². The summed E-state index contributed by atoms with van der Waals surface area (Å²) in [6, 6.07) is 4.52. The van der Waals surface area contributed by atoms with E-state index < -0.39 is 0 Å². The maximum Gasteiger partial charge on any atom is 0.298 e. The number of hydrogen-bond donors (Lipinski definition) is 0. The van der Waals surface area contributed by atoms with Gasteiger partial charge < -0.3 is 4.74 Å². The molecule has 16 heavy (non-hydrogen) atoms. The number of nitrogens with zero attached hydrogens (tertiary/aromatic N) is 3. The summed E-state index contributed by atoms with van der Waals surface area (Å²) in [7, 11) is 1.94. The fourth-order valence-corrected chi connectivity index (χ4v) is 1.94. The molecular formula is C12H15N3O. The predicted molar refractivity (Wildman–Crippen MR) is 61.3 cm³/mol. The largest absolute Gasteiger partial charge is 0.461 e. The molecule has 2 aromatic heterocycles. The first-order valence-corrected chi connectivity index (χ1v) is 5.70. The minimum atomic E-state index is 0.260. The van der Waals surface area contributed by atoms with E-state index in [0.29, 0.717) is 11.9 Å². The molecule has 1 unspecified atom stereocenters. The van der Waals surface area contributed by atoms with Crippen molar-refractivity contribution in [3.8, 4) is 6.01 Å². The maximum absolute atomic E-state index is 5.87. The lowest BCUT2D eigenvalue weighted by molar-refractivity contribution is 0.176. The van der Waals surface area contributed by atoms with Crippen molar-refractivity contribution in [3.05, 3.63) is 18.3 Å². The first-order chi connectivity index (χ1) is 7.75. The first kappa shape index (κ1) is 9.63. The van der Waals surface area contributed by atoms with Gasteiger partial charge in [0.05, 0.1) is 0 Å². The van der Waals surface area contributed by atoms with Crippen molar-refractivity contribution in [1.82, 2.24) is 14.5 Å². The van der Waals surface area contributed by atoms with E-state index in [4.69, 9.17) is 4.74 Å². The van der Waals surface area contributed by atoms with Crippen LogP contribution in [0, 0.1) is 5.92 Å². The van der Waals surface area contributed by atoms with Gasteiger partial charge in [0.2, 0.25) is 0 Å². The lowest BCUT2D eigenvalue weighted by atomic mass is 10.3. The van der Waals surface area contributed by atoms with Gasteiger partial charge in [-0.1, -0.05) is 0 Å². The average Bonchev–Trinajstić information content (AvgIpc) is 3.08. The van der Waals surface area contributed by atoms with E-state index >= 15 is 0 Å². The van der Waals surface area contributed by atoms with Crippen LogP contribution in [0.4, 0.5) is 0 Å². The van der Waals surface area contributed by atoms with Gasteiger partial charge in [0, 0.05) is 13.2 Å². The molecule has 0 spiro atoms. The standard InChI is InChI=1S/C12H15N3O/c1-8(9-5-6-9)16-12-14-10-4-3-7-13-11(10)15(12)2/h3-4,7-9H,5-6H2,1-2H3. The van der Waals surface area contributed by atoms with Crippen LogP contribution in [0.3, 0.4) is 0 Å². The Balaban J connectivity index is 1.93. The van der Waals surface area contributed by atoms with Crippen molar-refractivity contribution in [2.24, 2.45) is 13.0 Å². The molecule has 0 saturated heterocycles. The van der Waals surface area contributed by atoms with Crippen LogP contribution in [-0.2, 0) is 7.05 Å². The number of aromatic nitrogens is 3. The zero-order valence-electron chi connectivity index (χ0n) is 9.55. The van der Waals surface area contributed by atoms with E-state index in [2.05, 4.69) is 16.9 Å². The van der Waals surface area contributed by atoms with Gasteiger partial charge >= 0.3 is 0 Å². The van der Waals surface area contributed by atoms with Crippen LogP contribution >= 0.6 is 0 Å². The smallest absolute Gasteiger partial charge is 0.298 e. The second-order valence-electron chi connectivity index (χ2n) is 4.46. The molecule has 4 heteroatoms. The minimum absolute atomic E-state index is 0.260. The molecule has 1 aliphatic carbocycles. The van der Waals surface area contributed by atoms with Crippen molar-refractivity contribution < 1.29 is 4.74 Å². The molecule has 1 aliphatic rings. The third kappa shape index (κ3) is 1.54. The summed E-state index contributed by atoms with van der Waals surface area (Å²) in [4.78, 5) is 8.73. The highest BCUT2D eigenvalue weighted by molar-refractivity contribution is 5.71. The highest BCUT2D eigenvalue weighted by Crippen LogP contribution is 2.34. The molecule has 0 radical (unpaired) electrons. The van der Waals surface area contributed by atoms with E-state index in [1.807, 2.05) is 23.7 Å². The Morgan fingerprint density at radius 3 is 3.00 bits per heavy atom. The quantitative estimate of drug-likeness (QED) is 0.790. The molecule has 0 bridgehead atoms. The lowest BCUT2D eigenvalue weighted by Gasteiger charge is -2.12. The Labute approximate surface area is 94.3 Å². The van der Waals surface area contributed by atoms with E-state index in [1.54, 1.807) is 6.20 Å². The van der Waals surface area contributed by atoms with E-state index in [1.165, 1.54) is 12.8 Å². The van der Waals surface area contributed by atoms with Crippen LogP contribution < -0.4 is 4.74 Å².